The van der Waals surface area contributed by atoms with Crippen LogP contribution in [0.4, 0.5) is 0 Å². The predicted octanol–water partition coefficient (Wildman–Crippen LogP) is 1.49. The minimum absolute atomic E-state index is 0.0448. The molecule has 2 atom stereocenters. The van der Waals surface area contributed by atoms with Gasteiger partial charge >= 0.3 is 0 Å². The predicted molar refractivity (Wildman–Crippen MR) is 106 cm³/mol. The molecule has 0 fully saturated rings. The summed E-state index contributed by atoms with van der Waals surface area (Å²) in [5.74, 6) is 0.536. The third-order valence-electron chi connectivity index (χ3n) is 3.94. The maximum absolute atomic E-state index is 12.3. The molecule has 146 valence electrons. The van der Waals surface area contributed by atoms with E-state index in [-0.39, 0.29) is 36.5 Å². The maximum atomic E-state index is 12.3. The van der Waals surface area contributed by atoms with Crippen molar-refractivity contribution in [1.29, 1.82) is 0 Å². The van der Waals surface area contributed by atoms with E-state index in [9.17, 15) is 9.59 Å². The fourth-order valence-electron chi connectivity index (χ4n) is 2.86. The lowest BCUT2D eigenvalue weighted by Crippen LogP contribution is -3.11. The van der Waals surface area contributed by atoms with Crippen LogP contribution in [0.15, 0.2) is 24.3 Å². The van der Waals surface area contributed by atoms with Gasteiger partial charge in [-0.3, -0.25) is 9.59 Å². The van der Waals surface area contributed by atoms with E-state index >= 15 is 0 Å². The van der Waals surface area contributed by atoms with Crippen LogP contribution in [0.1, 0.15) is 58.7 Å². The second kappa shape index (κ2) is 9.72. The van der Waals surface area contributed by atoms with E-state index in [0.717, 1.165) is 16.9 Å². The lowest BCUT2D eigenvalue weighted by Gasteiger charge is -2.22. The Bertz CT molecular complexity index is 588. The van der Waals surface area contributed by atoms with Gasteiger partial charge in [-0.15, -0.1) is 0 Å². The number of quaternary nitrogens is 1. The zero-order valence-electron chi connectivity index (χ0n) is 17.4. The van der Waals surface area contributed by atoms with Crippen molar-refractivity contribution < 1.29 is 14.5 Å². The Balaban J connectivity index is 2.47. The number of benzene rings is 1. The van der Waals surface area contributed by atoms with E-state index in [2.05, 4.69) is 48.7 Å². The summed E-state index contributed by atoms with van der Waals surface area (Å²) in [6.45, 7) is 12.8. The first-order valence-electron chi connectivity index (χ1n) is 9.47. The molecule has 26 heavy (non-hydrogen) atoms. The first kappa shape index (κ1) is 22.2. The summed E-state index contributed by atoms with van der Waals surface area (Å²) >= 11 is 0. The topological polar surface area (TPSA) is 62.6 Å². The first-order valence-corrected chi connectivity index (χ1v) is 9.47. The lowest BCUT2D eigenvalue weighted by molar-refractivity contribution is -0.862. The fraction of sp³-hybridized carbons (Fsp3) is 0.619. The van der Waals surface area contributed by atoms with E-state index in [0.29, 0.717) is 5.92 Å². The van der Waals surface area contributed by atoms with Gasteiger partial charge in [0.15, 0.2) is 13.1 Å². The van der Waals surface area contributed by atoms with Crippen molar-refractivity contribution in [3.63, 3.8) is 0 Å². The SMILES string of the molecule is CC(C)Cc1ccc([C@@H](C)NC(=O)C[NH+](C)CC(=O)NC(C)(C)C)cc1. The minimum atomic E-state index is -0.254. The van der Waals surface area contributed by atoms with Gasteiger partial charge in [-0.2, -0.15) is 0 Å². The van der Waals surface area contributed by atoms with Crippen LogP contribution in [-0.2, 0) is 16.0 Å². The van der Waals surface area contributed by atoms with Crippen molar-refractivity contribution in [2.75, 3.05) is 20.1 Å². The van der Waals surface area contributed by atoms with Crippen LogP contribution < -0.4 is 15.5 Å². The molecule has 1 aromatic carbocycles. The Morgan fingerprint density at radius 3 is 2.04 bits per heavy atom. The molecule has 0 saturated heterocycles. The van der Waals surface area contributed by atoms with E-state index in [1.807, 2.05) is 34.7 Å². The van der Waals surface area contributed by atoms with Crippen LogP contribution in [0.25, 0.3) is 0 Å². The van der Waals surface area contributed by atoms with Crippen molar-refractivity contribution in [3.8, 4) is 0 Å². The summed E-state index contributed by atoms with van der Waals surface area (Å²) in [6.07, 6.45) is 1.06. The van der Waals surface area contributed by atoms with Crippen molar-refractivity contribution in [1.82, 2.24) is 10.6 Å². The Labute approximate surface area is 158 Å². The molecule has 0 aromatic heterocycles. The standard InChI is InChI=1S/C21H35N3O2/c1-15(2)12-17-8-10-18(11-9-17)16(3)22-19(25)13-24(7)14-20(26)23-21(4,5)6/h8-11,15-16H,12-14H2,1-7H3,(H,22,25)(H,23,26)/p+1/t16-/m1/s1. The monoisotopic (exact) mass is 362 g/mol. The van der Waals surface area contributed by atoms with Gasteiger partial charge in [-0.05, 0) is 51.2 Å². The van der Waals surface area contributed by atoms with Gasteiger partial charge in [0.05, 0.1) is 13.1 Å². The molecule has 0 radical (unpaired) electrons. The Hall–Kier alpha value is -1.88. The minimum Gasteiger partial charge on any atom is -0.347 e. The maximum Gasteiger partial charge on any atom is 0.275 e. The van der Waals surface area contributed by atoms with Gasteiger partial charge in [0.2, 0.25) is 0 Å². The Morgan fingerprint density at radius 1 is 1.00 bits per heavy atom. The summed E-state index contributed by atoms with van der Waals surface area (Å²) < 4.78 is 0. The third-order valence-corrected chi connectivity index (χ3v) is 3.94. The van der Waals surface area contributed by atoms with Crippen LogP contribution >= 0.6 is 0 Å². The third kappa shape index (κ3) is 8.99. The highest BCUT2D eigenvalue weighted by Gasteiger charge is 2.19. The Morgan fingerprint density at radius 2 is 1.54 bits per heavy atom. The molecular weight excluding hydrogens is 326 g/mol. The second-order valence-corrected chi connectivity index (χ2v) is 8.74. The van der Waals surface area contributed by atoms with Crippen LogP contribution in [0.3, 0.4) is 0 Å². The summed E-state index contributed by atoms with van der Waals surface area (Å²) in [7, 11) is 1.85. The largest absolute Gasteiger partial charge is 0.347 e. The van der Waals surface area contributed by atoms with Crippen molar-refractivity contribution >= 4 is 11.8 Å². The summed E-state index contributed by atoms with van der Waals surface area (Å²) in [4.78, 5) is 25.1. The number of carbonyl (C=O) groups excluding carboxylic acids is 2. The molecule has 0 heterocycles. The zero-order valence-corrected chi connectivity index (χ0v) is 17.4. The average molecular weight is 363 g/mol. The molecule has 0 spiro atoms. The van der Waals surface area contributed by atoms with Crippen molar-refractivity contribution in [2.24, 2.45) is 5.92 Å². The quantitative estimate of drug-likeness (QED) is 0.656. The van der Waals surface area contributed by atoms with Crippen LogP contribution in [0.2, 0.25) is 0 Å². The summed E-state index contributed by atoms with van der Waals surface area (Å²) in [5.41, 5.74) is 2.15. The van der Waals surface area contributed by atoms with Gasteiger partial charge in [0, 0.05) is 5.54 Å². The van der Waals surface area contributed by atoms with Gasteiger partial charge in [0.1, 0.15) is 0 Å². The van der Waals surface area contributed by atoms with E-state index in [1.165, 1.54) is 5.56 Å². The molecule has 0 aliphatic carbocycles. The average Bonchev–Trinajstić information content (AvgIpc) is 2.44. The number of amides is 2. The van der Waals surface area contributed by atoms with E-state index in [4.69, 9.17) is 0 Å². The van der Waals surface area contributed by atoms with Crippen LogP contribution in [0.5, 0.6) is 0 Å². The van der Waals surface area contributed by atoms with Crippen molar-refractivity contribution in [2.45, 2.75) is 59.5 Å². The van der Waals surface area contributed by atoms with Gasteiger partial charge < -0.3 is 15.5 Å². The molecule has 1 aromatic rings. The smallest absolute Gasteiger partial charge is 0.275 e. The highest BCUT2D eigenvalue weighted by atomic mass is 16.2. The summed E-state index contributed by atoms with van der Waals surface area (Å²) in [6, 6.07) is 8.37. The van der Waals surface area contributed by atoms with E-state index in [1.54, 1.807) is 0 Å². The fourth-order valence-corrected chi connectivity index (χ4v) is 2.86. The molecule has 5 nitrogen and oxygen atoms in total. The molecule has 2 amide bonds. The number of nitrogens with one attached hydrogen (secondary N) is 3. The molecule has 0 bridgehead atoms. The molecule has 0 saturated carbocycles. The molecule has 0 aliphatic rings. The summed E-state index contributed by atoms with van der Waals surface area (Å²) in [5, 5.41) is 5.93. The van der Waals surface area contributed by atoms with Gasteiger partial charge in [0.25, 0.3) is 11.8 Å². The number of carbonyl (C=O) groups is 2. The highest BCUT2D eigenvalue weighted by molar-refractivity contribution is 5.79. The van der Waals surface area contributed by atoms with Crippen LogP contribution in [-0.4, -0.2) is 37.5 Å². The molecule has 1 unspecified atom stereocenters. The van der Waals surface area contributed by atoms with E-state index < -0.39 is 0 Å². The molecule has 5 heteroatoms. The second-order valence-electron chi connectivity index (χ2n) is 8.74. The van der Waals surface area contributed by atoms with Gasteiger partial charge in [-0.1, -0.05) is 38.1 Å². The molecular formula is C21H36N3O2+. The Kier molecular flexibility index (Phi) is 8.28. The van der Waals surface area contributed by atoms with Crippen LogP contribution in [0, 0.1) is 5.92 Å². The normalized spacial score (nSPS) is 14.0. The highest BCUT2D eigenvalue weighted by Crippen LogP contribution is 2.15. The number of hydrogen-bond acceptors (Lipinski definition) is 2. The molecule has 3 N–H and O–H groups in total. The molecule has 0 aliphatic heterocycles. The number of likely N-dealkylation sites (N-methyl/N-ethyl adjacent to an activating group) is 1. The van der Waals surface area contributed by atoms with Gasteiger partial charge in [-0.25, -0.2) is 0 Å². The lowest BCUT2D eigenvalue weighted by atomic mass is 10.00. The molecule has 1 rings (SSSR count). The zero-order chi connectivity index (χ0) is 19.9. The van der Waals surface area contributed by atoms with Crippen molar-refractivity contribution in [3.05, 3.63) is 35.4 Å². The first-order chi connectivity index (χ1) is 12.0. The number of hydrogen-bond donors (Lipinski definition) is 3. The number of rotatable bonds is 8.